The van der Waals surface area contributed by atoms with Crippen LogP contribution in [0.25, 0.3) is 10.8 Å². The summed E-state index contributed by atoms with van der Waals surface area (Å²) in [6, 6.07) is 38.0. The monoisotopic (exact) mass is 494 g/mol. The molecule has 0 aliphatic heterocycles. The molecular formula is C30H26N2O3S. The SMILES string of the molecule is CN(c1ccccc1)c1ccc(N(C)c2cccc(OS(=O)(=O)c3cccc4ccccc34)c2)cc1. The number of hydrogen-bond acceptors (Lipinski definition) is 5. The lowest BCUT2D eigenvalue weighted by Crippen LogP contribution is -2.13. The van der Waals surface area contributed by atoms with E-state index in [1.807, 2.05) is 79.7 Å². The number of hydrogen-bond donors (Lipinski definition) is 0. The molecule has 5 nitrogen and oxygen atoms in total. The molecule has 5 aromatic carbocycles. The lowest BCUT2D eigenvalue weighted by atomic mass is 10.1. The summed E-state index contributed by atoms with van der Waals surface area (Å²) >= 11 is 0. The summed E-state index contributed by atoms with van der Waals surface area (Å²) in [5, 5.41) is 1.48. The second-order valence-electron chi connectivity index (χ2n) is 8.48. The predicted molar refractivity (Wildman–Crippen MR) is 147 cm³/mol. The van der Waals surface area contributed by atoms with Crippen molar-refractivity contribution in [1.29, 1.82) is 0 Å². The van der Waals surface area contributed by atoms with Crippen LogP contribution in [0.5, 0.6) is 5.75 Å². The van der Waals surface area contributed by atoms with Gasteiger partial charge in [-0.3, -0.25) is 0 Å². The van der Waals surface area contributed by atoms with Gasteiger partial charge in [0, 0.05) is 48.3 Å². The highest BCUT2D eigenvalue weighted by Gasteiger charge is 2.20. The van der Waals surface area contributed by atoms with Crippen LogP contribution in [-0.4, -0.2) is 22.5 Å². The summed E-state index contributed by atoms with van der Waals surface area (Å²) in [6.07, 6.45) is 0. The minimum absolute atomic E-state index is 0.150. The fraction of sp³-hybridized carbons (Fsp3) is 0.0667. The second-order valence-corrected chi connectivity index (χ2v) is 10.00. The molecule has 0 fully saturated rings. The van der Waals surface area contributed by atoms with Crippen molar-refractivity contribution < 1.29 is 12.6 Å². The minimum atomic E-state index is -4.01. The fourth-order valence-electron chi connectivity index (χ4n) is 4.18. The van der Waals surface area contributed by atoms with Crippen LogP contribution in [0.3, 0.4) is 0 Å². The molecule has 36 heavy (non-hydrogen) atoms. The summed E-state index contributed by atoms with van der Waals surface area (Å²) in [5.74, 6) is 0.257. The molecule has 0 aliphatic rings. The summed E-state index contributed by atoms with van der Waals surface area (Å²) in [7, 11) is -0.0409. The average molecular weight is 495 g/mol. The Morgan fingerprint density at radius 3 is 1.81 bits per heavy atom. The zero-order valence-corrected chi connectivity index (χ0v) is 20.9. The molecular weight excluding hydrogens is 468 g/mol. The highest BCUT2D eigenvalue weighted by atomic mass is 32.2. The van der Waals surface area contributed by atoms with Crippen LogP contribution in [-0.2, 0) is 10.1 Å². The number of rotatable bonds is 7. The largest absolute Gasteiger partial charge is 0.379 e. The maximum atomic E-state index is 13.1. The van der Waals surface area contributed by atoms with Crippen LogP contribution >= 0.6 is 0 Å². The van der Waals surface area contributed by atoms with Gasteiger partial charge in [0.2, 0.25) is 0 Å². The summed E-state index contributed by atoms with van der Waals surface area (Å²) < 4.78 is 31.9. The quantitative estimate of drug-likeness (QED) is 0.225. The van der Waals surface area contributed by atoms with Crippen LogP contribution in [0, 0.1) is 0 Å². The third-order valence-corrected chi connectivity index (χ3v) is 7.50. The molecule has 0 N–H and O–H groups in total. The third kappa shape index (κ3) is 4.76. The van der Waals surface area contributed by atoms with Crippen molar-refractivity contribution in [3.05, 3.63) is 121 Å². The number of para-hydroxylation sites is 1. The van der Waals surface area contributed by atoms with E-state index in [-0.39, 0.29) is 10.6 Å². The molecule has 0 heterocycles. The van der Waals surface area contributed by atoms with Gasteiger partial charge in [-0.25, -0.2) is 0 Å². The van der Waals surface area contributed by atoms with Crippen molar-refractivity contribution in [2.75, 3.05) is 23.9 Å². The molecule has 180 valence electrons. The molecule has 6 heteroatoms. The highest BCUT2D eigenvalue weighted by Crippen LogP contribution is 2.32. The van der Waals surface area contributed by atoms with Gasteiger partial charge < -0.3 is 14.0 Å². The van der Waals surface area contributed by atoms with Crippen molar-refractivity contribution >= 4 is 43.6 Å². The zero-order valence-electron chi connectivity index (χ0n) is 20.1. The molecule has 0 radical (unpaired) electrons. The van der Waals surface area contributed by atoms with Crippen molar-refractivity contribution in [3.63, 3.8) is 0 Å². The van der Waals surface area contributed by atoms with E-state index in [1.165, 1.54) is 0 Å². The number of nitrogens with zero attached hydrogens (tertiary/aromatic N) is 2. The Bertz CT molecular complexity index is 1600. The lowest BCUT2D eigenvalue weighted by Gasteiger charge is -2.23. The third-order valence-electron chi connectivity index (χ3n) is 6.20. The molecule has 0 spiro atoms. The van der Waals surface area contributed by atoms with E-state index in [9.17, 15) is 8.42 Å². The first-order chi connectivity index (χ1) is 17.4. The van der Waals surface area contributed by atoms with Gasteiger partial charge >= 0.3 is 10.1 Å². The molecule has 0 amide bonds. The molecule has 0 saturated heterocycles. The molecule has 0 bridgehead atoms. The number of fused-ring (bicyclic) bond motifs is 1. The van der Waals surface area contributed by atoms with Crippen molar-refractivity contribution in [3.8, 4) is 5.75 Å². The molecule has 0 aromatic heterocycles. The molecule has 0 unspecified atom stereocenters. The number of anilines is 4. The van der Waals surface area contributed by atoms with E-state index in [1.54, 1.807) is 36.4 Å². The Balaban J connectivity index is 1.37. The maximum Gasteiger partial charge on any atom is 0.339 e. The van der Waals surface area contributed by atoms with Gasteiger partial charge in [0.25, 0.3) is 0 Å². The van der Waals surface area contributed by atoms with Crippen LogP contribution in [0.1, 0.15) is 0 Å². The maximum absolute atomic E-state index is 13.1. The van der Waals surface area contributed by atoms with Crippen LogP contribution in [0.4, 0.5) is 22.7 Å². The van der Waals surface area contributed by atoms with Gasteiger partial charge in [-0.1, -0.05) is 60.7 Å². The van der Waals surface area contributed by atoms with E-state index >= 15 is 0 Å². The molecule has 5 rings (SSSR count). The predicted octanol–water partition coefficient (Wildman–Crippen LogP) is 7.14. The molecule has 0 aliphatic carbocycles. The smallest absolute Gasteiger partial charge is 0.339 e. The first kappa shape index (κ1) is 23.5. The van der Waals surface area contributed by atoms with Crippen LogP contribution in [0.2, 0.25) is 0 Å². The van der Waals surface area contributed by atoms with E-state index in [4.69, 9.17) is 4.18 Å². The van der Waals surface area contributed by atoms with Gasteiger partial charge in [0.15, 0.2) is 0 Å². The number of benzene rings is 5. The molecule has 0 atom stereocenters. The second kappa shape index (κ2) is 9.76. The van der Waals surface area contributed by atoms with Gasteiger partial charge in [-0.05, 0) is 60.0 Å². The highest BCUT2D eigenvalue weighted by molar-refractivity contribution is 7.87. The average Bonchev–Trinajstić information content (AvgIpc) is 2.92. The zero-order chi connectivity index (χ0) is 25.1. The minimum Gasteiger partial charge on any atom is -0.379 e. The van der Waals surface area contributed by atoms with Crippen molar-refractivity contribution in [2.24, 2.45) is 0 Å². The van der Waals surface area contributed by atoms with E-state index in [0.717, 1.165) is 28.1 Å². The first-order valence-electron chi connectivity index (χ1n) is 11.6. The fourth-order valence-corrected chi connectivity index (χ4v) is 5.33. The van der Waals surface area contributed by atoms with Crippen LogP contribution < -0.4 is 14.0 Å². The Morgan fingerprint density at radius 1 is 0.556 bits per heavy atom. The van der Waals surface area contributed by atoms with E-state index < -0.39 is 10.1 Å². The van der Waals surface area contributed by atoms with Gasteiger partial charge in [-0.2, -0.15) is 8.42 Å². The first-order valence-corrected chi connectivity index (χ1v) is 13.0. The Kier molecular flexibility index (Phi) is 6.36. The Labute approximate surface area is 211 Å². The molecule has 0 saturated carbocycles. The Morgan fingerprint density at radius 2 is 1.08 bits per heavy atom. The van der Waals surface area contributed by atoms with Crippen molar-refractivity contribution in [1.82, 2.24) is 0 Å². The van der Waals surface area contributed by atoms with Crippen LogP contribution in [0.15, 0.2) is 126 Å². The summed E-state index contributed by atoms with van der Waals surface area (Å²) in [6.45, 7) is 0. The lowest BCUT2D eigenvalue weighted by molar-refractivity contribution is 0.487. The molecule has 5 aromatic rings. The van der Waals surface area contributed by atoms with Gasteiger partial charge in [0.05, 0.1) is 0 Å². The topological polar surface area (TPSA) is 49.9 Å². The van der Waals surface area contributed by atoms with Crippen molar-refractivity contribution in [2.45, 2.75) is 4.90 Å². The van der Waals surface area contributed by atoms with E-state index in [0.29, 0.717) is 5.39 Å². The Hall–Kier alpha value is -4.29. The summed E-state index contributed by atoms with van der Waals surface area (Å²) in [4.78, 5) is 4.26. The van der Waals surface area contributed by atoms with Gasteiger partial charge in [0.1, 0.15) is 10.6 Å². The standard InChI is InChI=1S/C30H26N2O3S/c1-31(24-12-4-3-5-13-24)25-18-20-26(21-19-25)32(2)27-14-9-15-28(22-27)35-36(33,34)30-17-8-11-23-10-6-7-16-29(23)30/h3-22H,1-2H3. The summed E-state index contributed by atoms with van der Waals surface area (Å²) in [5.41, 5.74) is 3.95. The van der Waals surface area contributed by atoms with Gasteiger partial charge in [-0.15, -0.1) is 0 Å². The van der Waals surface area contributed by atoms with E-state index in [2.05, 4.69) is 29.2 Å². The normalized spacial score (nSPS) is 11.3.